The van der Waals surface area contributed by atoms with E-state index in [1.807, 2.05) is 37.3 Å². The third kappa shape index (κ3) is 3.49. The quantitative estimate of drug-likeness (QED) is 0.417. The molecular weight excluding hydrogens is 376 g/mol. The largest absolute Gasteiger partial charge is 0.463 e. The van der Waals surface area contributed by atoms with E-state index >= 15 is 0 Å². The van der Waals surface area contributed by atoms with Crippen LogP contribution in [0.25, 0.3) is 21.3 Å². The van der Waals surface area contributed by atoms with Gasteiger partial charge in [-0.25, -0.2) is 10.4 Å². The van der Waals surface area contributed by atoms with Crippen LogP contribution in [0.4, 0.5) is 0 Å². The average Bonchev–Trinajstić information content (AvgIpc) is 3.32. The number of rotatable bonds is 5. The first-order valence-electron chi connectivity index (χ1n) is 8.53. The van der Waals surface area contributed by atoms with Crippen LogP contribution in [0, 0.1) is 6.92 Å². The van der Waals surface area contributed by atoms with Gasteiger partial charge in [-0.05, 0) is 24.6 Å². The van der Waals surface area contributed by atoms with Crippen molar-refractivity contribution in [3.05, 3.63) is 76.0 Å². The zero-order chi connectivity index (χ0) is 19.5. The summed E-state index contributed by atoms with van der Waals surface area (Å²) in [7, 11) is 0. The molecule has 0 spiro atoms. The Morgan fingerprint density at radius 1 is 1.29 bits per heavy atom. The second-order valence-corrected chi connectivity index (χ2v) is 7.27. The van der Waals surface area contributed by atoms with Crippen LogP contribution < -0.4 is 11.0 Å². The number of amides is 1. The van der Waals surface area contributed by atoms with Gasteiger partial charge in [0.15, 0.2) is 0 Å². The first kappa shape index (κ1) is 17.9. The molecule has 0 aliphatic carbocycles. The molecule has 3 heterocycles. The molecule has 0 aliphatic rings. The molecule has 8 heteroatoms. The maximum atomic E-state index is 13.0. The van der Waals surface area contributed by atoms with Crippen molar-refractivity contribution in [2.45, 2.75) is 13.5 Å². The van der Waals surface area contributed by atoms with Gasteiger partial charge in [0.1, 0.15) is 17.1 Å². The van der Waals surface area contributed by atoms with Gasteiger partial charge in [-0.15, -0.1) is 11.3 Å². The maximum Gasteiger partial charge on any atom is 0.263 e. The molecule has 0 unspecified atom stereocenters. The second kappa shape index (κ2) is 7.61. The smallest absolute Gasteiger partial charge is 0.263 e. The van der Waals surface area contributed by atoms with Gasteiger partial charge >= 0.3 is 0 Å². The highest BCUT2D eigenvalue weighted by Gasteiger charge is 2.17. The number of nitrogens with one attached hydrogen (secondary N) is 1. The Balaban J connectivity index is 1.63. The Bertz CT molecular complexity index is 1210. The van der Waals surface area contributed by atoms with Gasteiger partial charge < -0.3 is 4.42 Å². The molecule has 0 saturated heterocycles. The van der Waals surface area contributed by atoms with E-state index in [9.17, 15) is 9.59 Å². The van der Waals surface area contributed by atoms with Gasteiger partial charge in [-0.3, -0.25) is 14.2 Å². The summed E-state index contributed by atoms with van der Waals surface area (Å²) in [5, 5.41) is 4.35. The van der Waals surface area contributed by atoms with E-state index in [0.29, 0.717) is 16.0 Å². The van der Waals surface area contributed by atoms with Gasteiger partial charge in [-0.1, -0.05) is 30.3 Å². The number of furan rings is 1. The molecule has 0 bridgehead atoms. The minimum atomic E-state index is -0.431. The van der Waals surface area contributed by atoms with Gasteiger partial charge in [-0.2, -0.15) is 5.10 Å². The van der Waals surface area contributed by atoms with Crippen LogP contribution in [0.5, 0.6) is 0 Å². The Morgan fingerprint density at radius 3 is 2.86 bits per heavy atom. The van der Waals surface area contributed by atoms with Gasteiger partial charge in [0.2, 0.25) is 0 Å². The molecule has 140 valence electrons. The van der Waals surface area contributed by atoms with Crippen molar-refractivity contribution >= 4 is 33.7 Å². The normalized spacial score (nSPS) is 11.3. The summed E-state index contributed by atoms with van der Waals surface area (Å²) in [6, 6.07) is 13.1. The Hall–Kier alpha value is -3.52. The van der Waals surface area contributed by atoms with E-state index in [4.69, 9.17) is 4.42 Å². The topological polar surface area (TPSA) is 89.5 Å². The summed E-state index contributed by atoms with van der Waals surface area (Å²) in [6.45, 7) is 1.79. The number of hydrazone groups is 1. The number of nitrogens with zero attached hydrogens (tertiary/aromatic N) is 3. The van der Waals surface area contributed by atoms with Crippen molar-refractivity contribution in [2.24, 2.45) is 5.10 Å². The lowest BCUT2D eigenvalue weighted by atomic mass is 10.0. The second-order valence-electron chi connectivity index (χ2n) is 6.07. The molecule has 0 radical (unpaired) electrons. The molecule has 3 aromatic heterocycles. The number of hydrogen-bond donors (Lipinski definition) is 1. The van der Waals surface area contributed by atoms with Crippen LogP contribution >= 0.6 is 11.3 Å². The molecule has 1 N–H and O–H groups in total. The fourth-order valence-electron chi connectivity index (χ4n) is 2.93. The molecule has 0 atom stereocenters. The molecule has 1 aromatic carbocycles. The molecule has 4 aromatic rings. The molecule has 0 saturated carbocycles. The number of aryl methyl sites for hydroxylation is 1. The van der Waals surface area contributed by atoms with E-state index in [2.05, 4.69) is 15.5 Å². The predicted molar refractivity (Wildman–Crippen MR) is 108 cm³/mol. The van der Waals surface area contributed by atoms with Crippen molar-refractivity contribution in [2.75, 3.05) is 0 Å². The number of thiophene rings is 1. The number of benzene rings is 1. The molecule has 0 aliphatic heterocycles. The standard InChI is InChI=1S/C20H16N4O3S/c1-13-17(14-6-3-2-4-7-14)18-19(28-13)21-12-24(20(18)26)11-16(25)23-22-10-15-8-5-9-27-15/h2-10,12H,11H2,1H3,(H,23,25)/b22-10+. The van der Waals surface area contributed by atoms with E-state index in [1.54, 1.807) is 12.1 Å². The summed E-state index contributed by atoms with van der Waals surface area (Å²) in [4.78, 5) is 31.2. The molecule has 0 fully saturated rings. The first-order valence-corrected chi connectivity index (χ1v) is 9.34. The van der Waals surface area contributed by atoms with E-state index in [0.717, 1.165) is 16.0 Å². The molecule has 7 nitrogen and oxygen atoms in total. The van der Waals surface area contributed by atoms with Crippen LogP contribution in [-0.2, 0) is 11.3 Å². The Morgan fingerprint density at radius 2 is 2.11 bits per heavy atom. The van der Waals surface area contributed by atoms with Gasteiger partial charge in [0.05, 0.1) is 24.2 Å². The predicted octanol–water partition coefficient (Wildman–Crippen LogP) is 3.18. The Kier molecular flexibility index (Phi) is 4.86. The summed E-state index contributed by atoms with van der Waals surface area (Å²) < 4.78 is 6.38. The molecule has 1 amide bonds. The fraction of sp³-hybridized carbons (Fsp3) is 0.100. The number of hydrogen-bond acceptors (Lipinski definition) is 6. The third-order valence-electron chi connectivity index (χ3n) is 4.16. The molecule has 4 rings (SSSR count). The van der Waals surface area contributed by atoms with Gasteiger partial charge in [0, 0.05) is 10.4 Å². The number of carbonyl (C=O) groups excluding carboxylic acids is 1. The average molecular weight is 392 g/mol. The van der Waals surface area contributed by atoms with E-state index < -0.39 is 5.91 Å². The summed E-state index contributed by atoms with van der Waals surface area (Å²) in [6.07, 6.45) is 4.29. The fourth-order valence-corrected chi connectivity index (χ4v) is 3.93. The molecular formula is C20H16N4O3S. The minimum Gasteiger partial charge on any atom is -0.463 e. The molecule has 28 heavy (non-hydrogen) atoms. The van der Waals surface area contributed by atoms with Crippen molar-refractivity contribution in [1.82, 2.24) is 15.0 Å². The zero-order valence-electron chi connectivity index (χ0n) is 15.0. The van der Waals surface area contributed by atoms with Crippen LogP contribution in [0.15, 0.2) is 69.4 Å². The van der Waals surface area contributed by atoms with E-state index in [-0.39, 0.29) is 12.1 Å². The number of carbonyl (C=O) groups is 1. The van der Waals surface area contributed by atoms with Gasteiger partial charge in [0.25, 0.3) is 11.5 Å². The van der Waals surface area contributed by atoms with Crippen molar-refractivity contribution in [3.8, 4) is 11.1 Å². The maximum absolute atomic E-state index is 13.0. The highest BCUT2D eigenvalue weighted by molar-refractivity contribution is 7.19. The summed E-state index contributed by atoms with van der Waals surface area (Å²) >= 11 is 1.47. The summed E-state index contributed by atoms with van der Waals surface area (Å²) in [5.74, 6) is 0.0843. The number of aromatic nitrogens is 2. The lowest BCUT2D eigenvalue weighted by Gasteiger charge is -2.05. The van der Waals surface area contributed by atoms with Crippen molar-refractivity contribution < 1.29 is 9.21 Å². The third-order valence-corrected chi connectivity index (χ3v) is 5.17. The zero-order valence-corrected chi connectivity index (χ0v) is 15.8. The lowest BCUT2D eigenvalue weighted by molar-refractivity contribution is -0.121. The minimum absolute atomic E-state index is 0.180. The highest BCUT2D eigenvalue weighted by Crippen LogP contribution is 2.35. The first-order chi connectivity index (χ1) is 13.6. The van der Waals surface area contributed by atoms with Crippen LogP contribution in [0.3, 0.4) is 0 Å². The summed E-state index contributed by atoms with van der Waals surface area (Å²) in [5.41, 5.74) is 3.95. The monoisotopic (exact) mass is 392 g/mol. The van der Waals surface area contributed by atoms with Crippen LogP contribution in [0.2, 0.25) is 0 Å². The van der Waals surface area contributed by atoms with Crippen molar-refractivity contribution in [3.63, 3.8) is 0 Å². The van der Waals surface area contributed by atoms with Crippen molar-refractivity contribution in [1.29, 1.82) is 0 Å². The Labute approximate surface area is 164 Å². The SMILES string of the molecule is Cc1sc2ncn(CC(=O)N/N=C/c3ccco3)c(=O)c2c1-c1ccccc1. The van der Waals surface area contributed by atoms with E-state index in [1.165, 1.54) is 34.7 Å². The lowest BCUT2D eigenvalue weighted by Crippen LogP contribution is -2.30. The number of fused-ring (bicyclic) bond motifs is 1. The highest BCUT2D eigenvalue weighted by atomic mass is 32.1. The van der Waals surface area contributed by atoms with Crippen LogP contribution in [0.1, 0.15) is 10.6 Å². The van der Waals surface area contributed by atoms with Crippen LogP contribution in [-0.4, -0.2) is 21.7 Å².